The van der Waals surface area contributed by atoms with E-state index in [1.165, 1.54) is 12.1 Å². The highest BCUT2D eigenvalue weighted by Gasteiger charge is 2.14. The summed E-state index contributed by atoms with van der Waals surface area (Å²) in [4.78, 5) is 12.1. The molecule has 2 aromatic rings. The van der Waals surface area contributed by atoms with Crippen LogP contribution in [0.5, 0.6) is 11.5 Å². The van der Waals surface area contributed by atoms with Crippen molar-refractivity contribution in [1.82, 2.24) is 5.32 Å². The predicted octanol–water partition coefficient (Wildman–Crippen LogP) is 2.71. The summed E-state index contributed by atoms with van der Waals surface area (Å²) in [7, 11) is 0. The molecule has 3 rings (SSSR count). The van der Waals surface area contributed by atoms with Gasteiger partial charge in [0.1, 0.15) is 24.8 Å². The van der Waals surface area contributed by atoms with Crippen molar-refractivity contribution >= 4 is 5.91 Å². The topological polar surface area (TPSA) is 47.6 Å². The van der Waals surface area contributed by atoms with E-state index in [1.54, 1.807) is 18.2 Å². The van der Waals surface area contributed by atoms with Gasteiger partial charge in [-0.05, 0) is 42.3 Å². The molecule has 1 aliphatic rings. The number of fused-ring (bicyclic) bond motifs is 1. The molecular formula is C17H15F2NO3. The minimum Gasteiger partial charge on any atom is -0.486 e. The lowest BCUT2D eigenvalue weighted by atomic mass is 10.1. The maximum Gasteiger partial charge on any atom is 0.251 e. The van der Waals surface area contributed by atoms with Gasteiger partial charge in [0.05, 0.1) is 0 Å². The molecule has 1 aliphatic heterocycles. The Labute approximate surface area is 132 Å². The third-order valence-electron chi connectivity index (χ3n) is 3.43. The van der Waals surface area contributed by atoms with Gasteiger partial charge >= 0.3 is 0 Å². The van der Waals surface area contributed by atoms with Crippen LogP contribution < -0.4 is 14.8 Å². The molecule has 0 bridgehead atoms. The summed E-state index contributed by atoms with van der Waals surface area (Å²) in [6, 6.07) is 8.26. The summed E-state index contributed by atoms with van der Waals surface area (Å²) in [5, 5.41) is 2.71. The second-order valence-electron chi connectivity index (χ2n) is 5.14. The molecule has 0 saturated carbocycles. The molecule has 0 atom stereocenters. The standard InChI is InChI=1S/C17H15F2NO3/c18-13-7-11(8-14(19)10-13)3-4-20-17(21)12-1-2-15-16(9-12)23-6-5-22-15/h1-2,7-10H,3-6H2,(H,20,21). The molecule has 0 fully saturated rings. The van der Waals surface area contributed by atoms with E-state index in [1.807, 2.05) is 0 Å². The van der Waals surface area contributed by atoms with E-state index in [-0.39, 0.29) is 12.5 Å². The number of ether oxygens (including phenoxy) is 2. The van der Waals surface area contributed by atoms with E-state index in [0.717, 1.165) is 6.07 Å². The van der Waals surface area contributed by atoms with Gasteiger partial charge in [-0.25, -0.2) is 8.78 Å². The van der Waals surface area contributed by atoms with Crippen molar-refractivity contribution in [2.75, 3.05) is 19.8 Å². The lowest BCUT2D eigenvalue weighted by Crippen LogP contribution is -2.26. The van der Waals surface area contributed by atoms with E-state index < -0.39 is 11.6 Å². The van der Waals surface area contributed by atoms with Crippen LogP contribution in [0.1, 0.15) is 15.9 Å². The van der Waals surface area contributed by atoms with Gasteiger partial charge in [0, 0.05) is 18.2 Å². The molecule has 23 heavy (non-hydrogen) atoms. The summed E-state index contributed by atoms with van der Waals surface area (Å²) in [6.45, 7) is 1.21. The van der Waals surface area contributed by atoms with Crippen molar-refractivity contribution in [3.8, 4) is 11.5 Å². The number of carbonyl (C=O) groups is 1. The first-order valence-electron chi connectivity index (χ1n) is 7.24. The normalized spacial score (nSPS) is 12.8. The lowest BCUT2D eigenvalue weighted by molar-refractivity contribution is 0.0953. The van der Waals surface area contributed by atoms with Crippen LogP contribution in [-0.4, -0.2) is 25.7 Å². The van der Waals surface area contributed by atoms with E-state index in [4.69, 9.17) is 9.47 Å². The second kappa shape index (κ2) is 6.64. The van der Waals surface area contributed by atoms with Crippen LogP contribution in [0, 0.1) is 11.6 Å². The van der Waals surface area contributed by atoms with Crippen molar-refractivity contribution in [1.29, 1.82) is 0 Å². The Hall–Kier alpha value is -2.63. The van der Waals surface area contributed by atoms with Crippen molar-refractivity contribution < 1.29 is 23.0 Å². The molecule has 6 heteroatoms. The van der Waals surface area contributed by atoms with Crippen molar-refractivity contribution in [3.63, 3.8) is 0 Å². The monoisotopic (exact) mass is 319 g/mol. The van der Waals surface area contributed by atoms with E-state index in [2.05, 4.69) is 5.32 Å². The zero-order valence-corrected chi connectivity index (χ0v) is 12.3. The zero-order valence-electron chi connectivity index (χ0n) is 12.3. The van der Waals surface area contributed by atoms with Crippen LogP contribution in [0.3, 0.4) is 0 Å². The van der Waals surface area contributed by atoms with Crippen LogP contribution in [0.4, 0.5) is 8.78 Å². The Morgan fingerprint density at radius 1 is 1.00 bits per heavy atom. The van der Waals surface area contributed by atoms with Gasteiger partial charge in [0.25, 0.3) is 5.91 Å². The number of rotatable bonds is 4. The number of carbonyl (C=O) groups excluding carboxylic acids is 1. The SMILES string of the molecule is O=C(NCCc1cc(F)cc(F)c1)c1ccc2c(c1)OCCO2. The summed E-state index contributed by atoms with van der Waals surface area (Å²) in [5.74, 6) is -0.380. The zero-order chi connectivity index (χ0) is 16.2. The summed E-state index contributed by atoms with van der Waals surface area (Å²) >= 11 is 0. The largest absolute Gasteiger partial charge is 0.486 e. The molecule has 0 radical (unpaired) electrons. The Morgan fingerprint density at radius 2 is 1.70 bits per heavy atom. The average molecular weight is 319 g/mol. The van der Waals surface area contributed by atoms with Crippen molar-refractivity contribution in [3.05, 3.63) is 59.2 Å². The van der Waals surface area contributed by atoms with Crippen LogP contribution >= 0.6 is 0 Å². The van der Waals surface area contributed by atoms with Gasteiger partial charge in [-0.1, -0.05) is 0 Å². The molecule has 120 valence electrons. The molecule has 4 nitrogen and oxygen atoms in total. The highest BCUT2D eigenvalue weighted by Crippen LogP contribution is 2.30. The Kier molecular flexibility index (Phi) is 4.41. The molecule has 0 unspecified atom stereocenters. The first kappa shape index (κ1) is 15.3. The third kappa shape index (κ3) is 3.77. The Morgan fingerprint density at radius 3 is 2.43 bits per heavy atom. The fourth-order valence-electron chi connectivity index (χ4n) is 2.36. The van der Waals surface area contributed by atoms with Crippen molar-refractivity contribution in [2.24, 2.45) is 0 Å². The summed E-state index contributed by atoms with van der Waals surface area (Å²) in [6.07, 6.45) is 0.338. The van der Waals surface area contributed by atoms with Crippen LogP contribution in [0.2, 0.25) is 0 Å². The highest BCUT2D eigenvalue weighted by molar-refractivity contribution is 5.94. The average Bonchev–Trinajstić information content (AvgIpc) is 2.53. The van der Waals surface area contributed by atoms with Crippen molar-refractivity contribution in [2.45, 2.75) is 6.42 Å². The minimum atomic E-state index is -0.627. The minimum absolute atomic E-state index is 0.274. The quantitative estimate of drug-likeness (QED) is 0.942. The number of halogens is 2. The summed E-state index contributed by atoms with van der Waals surface area (Å²) in [5.41, 5.74) is 0.935. The molecular weight excluding hydrogens is 304 g/mol. The lowest BCUT2D eigenvalue weighted by Gasteiger charge is -2.18. The maximum absolute atomic E-state index is 13.1. The molecule has 0 spiro atoms. The van der Waals surface area contributed by atoms with Crippen LogP contribution in [0.15, 0.2) is 36.4 Å². The first-order chi connectivity index (χ1) is 11.1. The van der Waals surface area contributed by atoms with Gasteiger partial charge in [-0.2, -0.15) is 0 Å². The highest BCUT2D eigenvalue weighted by atomic mass is 19.1. The van der Waals surface area contributed by atoms with Crippen LogP contribution in [-0.2, 0) is 6.42 Å². The van der Waals surface area contributed by atoms with Gasteiger partial charge in [-0.15, -0.1) is 0 Å². The first-order valence-corrected chi connectivity index (χ1v) is 7.24. The smallest absolute Gasteiger partial charge is 0.251 e. The Bertz CT molecular complexity index is 714. The van der Waals surface area contributed by atoms with E-state index in [9.17, 15) is 13.6 Å². The molecule has 0 aromatic heterocycles. The fraction of sp³-hybridized carbons (Fsp3) is 0.235. The molecule has 1 N–H and O–H groups in total. The molecule has 0 aliphatic carbocycles. The predicted molar refractivity (Wildman–Crippen MR) is 79.8 cm³/mol. The van der Waals surface area contributed by atoms with E-state index >= 15 is 0 Å². The number of amides is 1. The molecule has 0 saturated heterocycles. The third-order valence-corrected chi connectivity index (χ3v) is 3.43. The fourth-order valence-corrected chi connectivity index (χ4v) is 2.36. The number of nitrogens with one attached hydrogen (secondary N) is 1. The van der Waals surface area contributed by atoms with Gasteiger partial charge in [0.15, 0.2) is 11.5 Å². The molecule has 1 heterocycles. The number of benzene rings is 2. The van der Waals surface area contributed by atoms with E-state index in [0.29, 0.717) is 42.3 Å². The van der Waals surface area contributed by atoms with Gasteiger partial charge < -0.3 is 14.8 Å². The van der Waals surface area contributed by atoms with Crippen LogP contribution in [0.25, 0.3) is 0 Å². The Balaban J connectivity index is 1.59. The number of hydrogen-bond acceptors (Lipinski definition) is 3. The molecule has 2 aromatic carbocycles. The van der Waals surface area contributed by atoms with Gasteiger partial charge in [-0.3, -0.25) is 4.79 Å². The number of hydrogen-bond donors (Lipinski definition) is 1. The maximum atomic E-state index is 13.1. The van der Waals surface area contributed by atoms with Gasteiger partial charge in [0.2, 0.25) is 0 Å². The second-order valence-corrected chi connectivity index (χ2v) is 5.14. The molecule has 1 amide bonds. The summed E-state index contributed by atoms with van der Waals surface area (Å²) < 4.78 is 37.0.